The molecule has 0 saturated heterocycles. The molecule has 0 aliphatic rings. The molecule has 0 unspecified atom stereocenters. The van der Waals surface area contributed by atoms with Crippen molar-refractivity contribution in [3.8, 4) is 16.9 Å². The summed E-state index contributed by atoms with van der Waals surface area (Å²) in [5.41, 5.74) is 2.35. The minimum atomic E-state index is -0.464. The van der Waals surface area contributed by atoms with Crippen LogP contribution in [0.25, 0.3) is 11.1 Å². The van der Waals surface area contributed by atoms with Gasteiger partial charge >= 0.3 is 0 Å². The third kappa shape index (κ3) is 4.86. The van der Waals surface area contributed by atoms with E-state index in [1.54, 1.807) is 0 Å². The Morgan fingerprint density at radius 3 is 2.09 bits per heavy atom. The van der Waals surface area contributed by atoms with Crippen LogP contribution in [0.5, 0.6) is 5.75 Å². The molecule has 0 bridgehead atoms. The van der Waals surface area contributed by atoms with Gasteiger partial charge in [-0.25, -0.2) is 0 Å². The topological polar surface area (TPSA) is 32.7 Å². The molecule has 1 N–H and O–H groups in total. The number of benzene rings is 2. The first-order valence-electron chi connectivity index (χ1n) is 7.91. The SMILES string of the molecule is CCN(CC)C[C@H](O)COc1ccc(-c2ccccc2)cc1. The molecule has 118 valence electrons. The van der Waals surface area contributed by atoms with E-state index in [0.717, 1.165) is 24.4 Å². The average Bonchev–Trinajstić information content (AvgIpc) is 2.59. The zero-order valence-corrected chi connectivity index (χ0v) is 13.4. The van der Waals surface area contributed by atoms with Crippen LogP contribution in [-0.4, -0.2) is 42.4 Å². The summed E-state index contributed by atoms with van der Waals surface area (Å²) in [6.45, 7) is 7.05. The lowest BCUT2D eigenvalue weighted by atomic mass is 10.1. The molecule has 0 fully saturated rings. The Hall–Kier alpha value is -1.84. The van der Waals surface area contributed by atoms with Gasteiger partial charge in [0.05, 0.1) is 0 Å². The van der Waals surface area contributed by atoms with Gasteiger partial charge in [0.15, 0.2) is 0 Å². The smallest absolute Gasteiger partial charge is 0.119 e. The summed E-state index contributed by atoms with van der Waals surface area (Å²) < 4.78 is 5.67. The van der Waals surface area contributed by atoms with Gasteiger partial charge in [0.25, 0.3) is 0 Å². The first-order chi connectivity index (χ1) is 10.7. The van der Waals surface area contributed by atoms with Crippen molar-refractivity contribution in [2.75, 3.05) is 26.2 Å². The summed E-state index contributed by atoms with van der Waals surface area (Å²) in [4.78, 5) is 2.19. The maximum absolute atomic E-state index is 10.0. The monoisotopic (exact) mass is 299 g/mol. The van der Waals surface area contributed by atoms with Gasteiger partial charge in [0.2, 0.25) is 0 Å². The summed E-state index contributed by atoms with van der Waals surface area (Å²) >= 11 is 0. The van der Waals surface area contributed by atoms with Gasteiger partial charge in [-0.3, -0.25) is 0 Å². The Kier molecular flexibility index (Phi) is 6.44. The number of likely N-dealkylation sites (N-methyl/N-ethyl adjacent to an activating group) is 1. The second-order valence-electron chi connectivity index (χ2n) is 5.34. The first kappa shape index (κ1) is 16.5. The number of aliphatic hydroxyl groups excluding tert-OH is 1. The predicted molar refractivity (Wildman–Crippen MR) is 91.2 cm³/mol. The van der Waals surface area contributed by atoms with Crippen molar-refractivity contribution in [2.45, 2.75) is 20.0 Å². The lowest BCUT2D eigenvalue weighted by Gasteiger charge is -2.21. The second kappa shape index (κ2) is 8.57. The van der Waals surface area contributed by atoms with Crippen LogP contribution >= 0.6 is 0 Å². The number of hydrogen-bond acceptors (Lipinski definition) is 3. The van der Waals surface area contributed by atoms with Crippen LogP contribution in [0.2, 0.25) is 0 Å². The molecule has 2 aromatic rings. The first-order valence-corrected chi connectivity index (χ1v) is 7.91. The summed E-state index contributed by atoms with van der Waals surface area (Å²) in [6.07, 6.45) is -0.464. The Balaban J connectivity index is 1.86. The molecule has 2 rings (SSSR count). The number of hydrogen-bond donors (Lipinski definition) is 1. The highest BCUT2D eigenvalue weighted by Gasteiger charge is 2.09. The molecule has 0 saturated carbocycles. The Morgan fingerprint density at radius 1 is 0.909 bits per heavy atom. The van der Waals surface area contributed by atoms with E-state index in [2.05, 4.69) is 30.9 Å². The average molecular weight is 299 g/mol. The summed E-state index contributed by atoms with van der Waals surface area (Å²) in [6, 6.07) is 18.2. The highest BCUT2D eigenvalue weighted by Crippen LogP contribution is 2.22. The second-order valence-corrected chi connectivity index (χ2v) is 5.34. The highest BCUT2D eigenvalue weighted by molar-refractivity contribution is 5.63. The Morgan fingerprint density at radius 2 is 1.50 bits per heavy atom. The fraction of sp³-hybridized carbons (Fsp3) is 0.368. The van der Waals surface area contributed by atoms with Gasteiger partial charge in [-0.2, -0.15) is 0 Å². The zero-order chi connectivity index (χ0) is 15.8. The van der Waals surface area contributed by atoms with Gasteiger partial charge in [0, 0.05) is 6.54 Å². The van der Waals surface area contributed by atoms with Crippen LogP contribution in [0.4, 0.5) is 0 Å². The lowest BCUT2D eigenvalue weighted by molar-refractivity contribution is 0.0716. The molecule has 2 aromatic carbocycles. The molecule has 0 aliphatic heterocycles. The number of ether oxygens (including phenoxy) is 1. The molecular weight excluding hydrogens is 274 g/mol. The van der Waals surface area contributed by atoms with Gasteiger partial charge in [0.1, 0.15) is 18.5 Å². The van der Waals surface area contributed by atoms with E-state index in [4.69, 9.17) is 4.74 Å². The van der Waals surface area contributed by atoms with Crippen LogP contribution < -0.4 is 4.74 Å². The van der Waals surface area contributed by atoms with Crippen molar-refractivity contribution in [3.63, 3.8) is 0 Å². The predicted octanol–water partition coefficient (Wildman–Crippen LogP) is 3.44. The van der Waals surface area contributed by atoms with Crippen LogP contribution in [-0.2, 0) is 0 Å². The zero-order valence-electron chi connectivity index (χ0n) is 13.4. The van der Waals surface area contributed by atoms with Gasteiger partial charge in [-0.05, 0) is 36.3 Å². The van der Waals surface area contributed by atoms with Crippen molar-refractivity contribution in [1.29, 1.82) is 0 Å². The third-order valence-electron chi connectivity index (χ3n) is 3.77. The normalized spacial score (nSPS) is 12.4. The lowest BCUT2D eigenvalue weighted by Crippen LogP contribution is -2.35. The summed E-state index contributed by atoms with van der Waals surface area (Å²) in [5.74, 6) is 0.790. The Bertz CT molecular complexity index is 535. The maximum Gasteiger partial charge on any atom is 0.119 e. The van der Waals surface area contributed by atoms with E-state index in [1.165, 1.54) is 5.56 Å². The van der Waals surface area contributed by atoms with Crippen LogP contribution in [0.1, 0.15) is 13.8 Å². The molecule has 0 spiro atoms. The van der Waals surface area contributed by atoms with E-state index in [0.29, 0.717) is 13.2 Å². The van der Waals surface area contributed by atoms with Gasteiger partial charge in [-0.15, -0.1) is 0 Å². The largest absolute Gasteiger partial charge is 0.491 e. The third-order valence-corrected chi connectivity index (χ3v) is 3.77. The van der Waals surface area contributed by atoms with E-state index in [1.807, 2.05) is 42.5 Å². The van der Waals surface area contributed by atoms with Crippen molar-refractivity contribution >= 4 is 0 Å². The van der Waals surface area contributed by atoms with E-state index in [-0.39, 0.29) is 0 Å². The Labute approximate surface area is 133 Å². The molecule has 1 atom stereocenters. The highest BCUT2D eigenvalue weighted by atomic mass is 16.5. The van der Waals surface area contributed by atoms with Crippen molar-refractivity contribution in [2.24, 2.45) is 0 Å². The number of nitrogens with zero attached hydrogens (tertiary/aromatic N) is 1. The van der Waals surface area contributed by atoms with Crippen molar-refractivity contribution in [3.05, 3.63) is 54.6 Å². The molecule has 0 aliphatic carbocycles. The fourth-order valence-corrected chi connectivity index (χ4v) is 2.40. The van der Waals surface area contributed by atoms with Crippen LogP contribution in [0, 0.1) is 0 Å². The van der Waals surface area contributed by atoms with Crippen LogP contribution in [0.15, 0.2) is 54.6 Å². The van der Waals surface area contributed by atoms with Gasteiger partial charge in [-0.1, -0.05) is 56.3 Å². The summed E-state index contributed by atoms with van der Waals surface area (Å²) in [7, 11) is 0. The number of aliphatic hydroxyl groups is 1. The van der Waals surface area contributed by atoms with E-state index < -0.39 is 6.10 Å². The van der Waals surface area contributed by atoms with E-state index in [9.17, 15) is 5.11 Å². The molecule has 0 heterocycles. The standard InChI is InChI=1S/C19H25NO2/c1-3-20(4-2)14-18(21)15-22-19-12-10-17(11-13-19)16-8-6-5-7-9-16/h5-13,18,21H,3-4,14-15H2,1-2H3/t18-/m0/s1. The van der Waals surface area contributed by atoms with Gasteiger partial charge < -0.3 is 14.7 Å². The molecule has 0 aromatic heterocycles. The molecular formula is C19H25NO2. The molecule has 3 nitrogen and oxygen atoms in total. The van der Waals surface area contributed by atoms with Crippen molar-refractivity contribution in [1.82, 2.24) is 4.90 Å². The van der Waals surface area contributed by atoms with E-state index >= 15 is 0 Å². The van der Waals surface area contributed by atoms with Crippen LogP contribution in [0.3, 0.4) is 0 Å². The molecule has 0 amide bonds. The minimum Gasteiger partial charge on any atom is -0.491 e. The minimum absolute atomic E-state index is 0.321. The summed E-state index contributed by atoms with van der Waals surface area (Å²) in [5, 5.41) is 10.0. The molecule has 0 radical (unpaired) electrons. The quantitative estimate of drug-likeness (QED) is 0.810. The number of rotatable bonds is 8. The molecule has 3 heteroatoms. The maximum atomic E-state index is 10.0. The fourth-order valence-electron chi connectivity index (χ4n) is 2.40. The van der Waals surface area contributed by atoms with Crippen molar-refractivity contribution < 1.29 is 9.84 Å². The molecule has 22 heavy (non-hydrogen) atoms.